The molecule has 0 rings (SSSR count). The van der Waals surface area contributed by atoms with Crippen molar-refractivity contribution in [3.05, 3.63) is 24.3 Å². The van der Waals surface area contributed by atoms with Crippen molar-refractivity contribution in [2.24, 2.45) is 0 Å². The molecule has 6 heteroatoms. The zero-order valence-corrected chi connectivity index (χ0v) is 12.1. The highest BCUT2D eigenvalue weighted by Gasteiger charge is 2.03. The fraction of sp³-hybridized carbons (Fsp3) is 0.600. The first-order valence-corrected chi connectivity index (χ1v) is 6.26. The molecule has 0 atom stereocenters. The molecule has 0 aliphatic heterocycles. The van der Waals surface area contributed by atoms with Crippen LogP contribution in [0.2, 0.25) is 0 Å². The number of rotatable bonds is 11. The topological polar surface area (TPSA) is 71.1 Å². The van der Waals surface area contributed by atoms with Gasteiger partial charge in [-0.25, -0.2) is 9.59 Å². The smallest absolute Gasteiger partial charge is 0.333 e. The Labute approximate surface area is 126 Å². The van der Waals surface area contributed by atoms with Crippen molar-refractivity contribution in [1.29, 1.82) is 0 Å². The predicted octanol–water partition coefficient (Wildman–Crippen LogP) is 1.89. The van der Waals surface area contributed by atoms with Crippen LogP contribution in [0.1, 0.15) is 21.3 Å². The Hall–Kier alpha value is -1.66. The summed E-state index contributed by atoms with van der Waals surface area (Å²) in [6.07, 6.45) is 0. The quantitative estimate of drug-likeness (QED) is 0.330. The maximum Gasteiger partial charge on any atom is 0.333 e. The summed E-state index contributed by atoms with van der Waals surface area (Å²) in [5, 5.41) is 0. The van der Waals surface area contributed by atoms with Gasteiger partial charge in [0.25, 0.3) is 0 Å². The molecule has 0 bridgehead atoms. The first-order chi connectivity index (χ1) is 9.45. The van der Waals surface area contributed by atoms with E-state index in [1.807, 2.05) is 0 Å². The Kier molecular flexibility index (Phi) is 13.7. The van der Waals surface area contributed by atoms with Crippen molar-refractivity contribution in [3.8, 4) is 0 Å². The summed E-state index contributed by atoms with van der Waals surface area (Å²) < 4.78 is 20.0. The van der Waals surface area contributed by atoms with E-state index in [1.165, 1.54) is 0 Å². The first kappa shape index (κ1) is 21.6. The average molecular weight is 302 g/mol. The van der Waals surface area contributed by atoms with Crippen molar-refractivity contribution < 1.29 is 28.5 Å². The zero-order chi connectivity index (χ0) is 15.4. The van der Waals surface area contributed by atoms with Crippen LogP contribution in [0.25, 0.3) is 0 Å². The van der Waals surface area contributed by atoms with E-state index in [0.29, 0.717) is 37.6 Å². The Balaban J connectivity index is 0. The van der Waals surface area contributed by atoms with Gasteiger partial charge in [0, 0.05) is 11.1 Å². The molecule has 0 aromatic carbocycles. The second kappa shape index (κ2) is 13.3. The van der Waals surface area contributed by atoms with Crippen LogP contribution in [-0.4, -0.2) is 51.6 Å². The molecule has 0 fully saturated rings. The lowest BCUT2D eigenvalue weighted by molar-refractivity contribution is -0.142. The molecule has 122 valence electrons. The number of hydrogen-bond acceptors (Lipinski definition) is 6. The van der Waals surface area contributed by atoms with Gasteiger partial charge >= 0.3 is 11.9 Å². The molecule has 0 amide bonds. The van der Waals surface area contributed by atoms with E-state index in [-0.39, 0.29) is 20.6 Å². The molecule has 0 saturated heterocycles. The second-order valence-electron chi connectivity index (χ2n) is 4.06. The third-order valence-corrected chi connectivity index (χ3v) is 1.99. The van der Waals surface area contributed by atoms with Gasteiger partial charge in [0.05, 0.1) is 26.4 Å². The maximum absolute atomic E-state index is 11.0. The van der Waals surface area contributed by atoms with Gasteiger partial charge in [-0.3, -0.25) is 0 Å². The van der Waals surface area contributed by atoms with Crippen molar-refractivity contribution in [2.75, 3.05) is 39.6 Å². The lowest BCUT2D eigenvalue weighted by Crippen LogP contribution is -2.15. The molecule has 0 radical (unpaired) electrons. The zero-order valence-electron chi connectivity index (χ0n) is 12.1. The molecule has 0 aliphatic carbocycles. The fourth-order valence-electron chi connectivity index (χ4n) is 0.955. The maximum atomic E-state index is 11.0. The van der Waals surface area contributed by atoms with Crippen molar-refractivity contribution in [1.82, 2.24) is 0 Å². The van der Waals surface area contributed by atoms with E-state index in [4.69, 9.17) is 18.9 Å². The predicted molar refractivity (Wildman–Crippen MR) is 79.9 cm³/mol. The number of carbonyl (C=O) groups is 2. The molecule has 0 heterocycles. The molecule has 0 spiro atoms. The van der Waals surface area contributed by atoms with Gasteiger partial charge < -0.3 is 18.9 Å². The average Bonchev–Trinajstić information content (AvgIpc) is 2.39. The van der Waals surface area contributed by atoms with Gasteiger partial charge in [0.1, 0.15) is 13.2 Å². The van der Waals surface area contributed by atoms with E-state index >= 15 is 0 Å². The van der Waals surface area contributed by atoms with Gasteiger partial charge in [-0.1, -0.05) is 20.6 Å². The Morgan fingerprint density at radius 2 is 1.00 bits per heavy atom. The molecule has 0 N–H and O–H groups in total. The highest BCUT2D eigenvalue weighted by molar-refractivity contribution is 5.87. The third-order valence-electron chi connectivity index (χ3n) is 1.99. The summed E-state index contributed by atoms with van der Waals surface area (Å²) in [5.41, 5.74) is 0.718. The third kappa shape index (κ3) is 13.1. The Bertz CT molecular complexity index is 314. The van der Waals surface area contributed by atoms with Crippen molar-refractivity contribution >= 4 is 11.9 Å². The molecule has 0 saturated carbocycles. The van der Waals surface area contributed by atoms with Crippen LogP contribution in [0.15, 0.2) is 24.3 Å². The summed E-state index contributed by atoms with van der Waals surface area (Å²) in [7, 11) is 0. The number of esters is 2. The van der Waals surface area contributed by atoms with Gasteiger partial charge in [-0.2, -0.15) is 0 Å². The summed E-state index contributed by atoms with van der Waals surface area (Å²) in [5.74, 6) is -0.853. The number of hydrogen-bond donors (Lipinski definition) is 0. The molecule has 0 unspecified atom stereocenters. The van der Waals surface area contributed by atoms with E-state index in [0.717, 1.165) is 0 Å². The van der Waals surface area contributed by atoms with Crippen LogP contribution in [0.5, 0.6) is 0 Å². The molecule has 21 heavy (non-hydrogen) atoms. The van der Waals surface area contributed by atoms with E-state index in [9.17, 15) is 9.59 Å². The van der Waals surface area contributed by atoms with Crippen LogP contribution in [0, 0.1) is 0 Å². The van der Waals surface area contributed by atoms with E-state index < -0.39 is 11.9 Å². The molecule has 0 aromatic rings. The Morgan fingerprint density at radius 3 is 1.29 bits per heavy atom. The summed E-state index contributed by atoms with van der Waals surface area (Å²) in [4.78, 5) is 22.0. The highest BCUT2D eigenvalue weighted by Crippen LogP contribution is 1.92. The normalized spacial score (nSPS) is 9.43. The fourth-order valence-corrected chi connectivity index (χ4v) is 0.955. The summed E-state index contributed by atoms with van der Waals surface area (Å²) in [6.45, 7) is 11.8. The lowest BCUT2D eigenvalue weighted by Gasteiger charge is -2.07. The summed E-state index contributed by atoms with van der Waals surface area (Å²) >= 11 is 0. The lowest BCUT2D eigenvalue weighted by atomic mass is 10.4. The summed E-state index contributed by atoms with van der Waals surface area (Å²) in [6, 6.07) is 0. The van der Waals surface area contributed by atoms with Crippen LogP contribution >= 0.6 is 0 Å². The first-order valence-electron chi connectivity index (χ1n) is 6.26. The van der Waals surface area contributed by atoms with Crippen molar-refractivity contribution in [3.63, 3.8) is 0 Å². The minimum atomic E-state index is -0.427. The minimum Gasteiger partial charge on any atom is -0.460 e. The van der Waals surface area contributed by atoms with Gasteiger partial charge in [-0.15, -0.1) is 0 Å². The van der Waals surface area contributed by atoms with Crippen LogP contribution in [0.3, 0.4) is 0 Å². The van der Waals surface area contributed by atoms with E-state index in [2.05, 4.69) is 13.2 Å². The van der Waals surface area contributed by atoms with Gasteiger partial charge in [-0.05, 0) is 13.8 Å². The number of carbonyl (C=O) groups excluding carboxylic acids is 2. The van der Waals surface area contributed by atoms with Crippen LogP contribution in [-0.2, 0) is 28.5 Å². The Morgan fingerprint density at radius 1 is 0.714 bits per heavy atom. The highest BCUT2D eigenvalue weighted by atomic mass is 16.6. The standard InChI is InChI=1S/C14H22O6.CH4/c1-11(2)13(15)19-9-7-17-5-6-18-8-10-20-14(16)12(3)4;/h1,3,5-10H2,2,4H3;1H4. The monoisotopic (exact) mass is 302 g/mol. The van der Waals surface area contributed by atoms with Crippen LogP contribution < -0.4 is 0 Å². The molecule has 0 aromatic heterocycles. The van der Waals surface area contributed by atoms with Crippen molar-refractivity contribution in [2.45, 2.75) is 21.3 Å². The van der Waals surface area contributed by atoms with Gasteiger partial charge in [0.15, 0.2) is 0 Å². The second-order valence-corrected chi connectivity index (χ2v) is 4.06. The van der Waals surface area contributed by atoms with E-state index in [1.54, 1.807) is 13.8 Å². The number of ether oxygens (including phenoxy) is 4. The minimum absolute atomic E-state index is 0. The molecular weight excluding hydrogens is 276 g/mol. The van der Waals surface area contributed by atoms with Crippen LogP contribution in [0.4, 0.5) is 0 Å². The molecular formula is C15H26O6. The molecule has 0 aliphatic rings. The van der Waals surface area contributed by atoms with Gasteiger partial charge in [0.2, 0.25) is 0 Å². The largest absolute Gasteiger partial charge is 0.460 e. The SMILES string of the molecule is C.C=C(C)C(=O)OCCOCCOCCOC(=O)C(=C)C. The molecule has 6 nitrogen and oxygen atoms in total.